The molecule has 1 N–H and O–H groups in total. The van der Waals surface area contributed by atoms with Crippen LogP contribution in [0.1, 0.15) is 11.1 Å². The molecule has 0 heterocycles. The summed E-state index contributed by atoms with van der Waals surface area (Å²) in [6.07, 6.45) is 0.486. The second-order valence-corrected chi connectivity index (χ2v) is 5.59. The van der Waals surface area contributed by atoms with Crippen molar-refractivity contribution in [2.24, 2.45) is 0 Å². The predicted molar refractivity (Wildman–Crippen MR) is 91.0 cm³/mol. The minimum absolute atomic E-state index is 0.0665. The standard InChI is InChI=1S/C19H20FNO4/c1-25-17-8-7-15(11-16(17)20)12-18(22)21(13-19(23)24)10-9-14-5-3-2-4-6-14/h2-8,11H,9-10,12-13H2,1H3,(H,23,24). The van der Waals surface area contributed by atoms with Crippen LogP contribution in [0.5, 0.6) is 5.75 Å². The fraction of sp³-hybridized carbons (Fsp3) is 0.263. The molecule has 2 aromatic rings. The number of hydrogen-bond acceptors (Lipinski definition) is 3. The summed E-state index contributed by atoms with van der Waals surface area (Å²) in [6, 6.07) is 13.8. The molecule has 0 bridgehead atoms. The van der Waals surface area contributed by atoms with Crippen LogP contribution in [-0.4, -0.2) is 42.1 Å². The molecule has 1 amide bonds. The third kappa shape index (κ3) is 5.60. The van der Waals surface area contributed by atoms with E-state index < -0.39 is 11.8 Å². The largest absolute Gasteiger partial charge is 0.494 e. The van der Waals surface area contributed by atoms with Crippen LogP contribution in [0.3, 0.4) is 0 Å². The second kappa shape index (κ2) is 8.82. The minimum Gasteiger partial charge on any atom is -0.494 e. The number of carboxylic acids is 1. The molecule has 0 aliphatic rings. The van der Waals surface area contributed by atoms with Crippen molar-refractivity contribution in [1.29, 1.82) is 0 Å². The van der Waals surface area contributed by atoms with Gasteiger partial charge in [-0.05, 0) is 29.7 Å². The Hall–Kier alpha value is -2.89. The van der Waals surface area contributed by atoms with E-state index in [1.807, 2.05) is 30.3 Å². The van der Waals surface area contributed by atoms with Gasteiger partial charge in [0.05, 0.1) is 13.5 Å². The lowest BCUT2D eigenvalue weighted by molar-refractivity contribution is -0.144. The molecule has 0 aliphatic heterocycles. The smallest absolute Gasteiger partial charge is 0.323 e. The SMILES string of the molecule is COc1ccc(CC(=O)N(CCc2ccccc2)CC(=O)O)cc1F. The van der Waals surface area contributed by atoms with E-state index in [1.165, 1.54) is 24.1 Å². The Morgan fingerprint density at radius 3 is 2.44 bits per heavy atom. The molecule has 0 aromatic heterocycles. The van der Waals surface area contributed by atoms with Crippen LogP contribution < -0.4 is 4.74 Å². The zero-order chi connectivity index (χ0) is 18.2. The quantitative estimate of drug-likeness (QED) is 0.798. The fourth-order valence-electron chi connectivity index (χ4n) is 2.47. The van der Waals surface area contributed by atoms with Crippen molar-refractivity contribution >= 4 is 11.9 Å². The van der Waals surface area contributed by atoms with Gasteiger partial charge < -0.3 is 14.7 Å². The third-order valence-corrected chi connectivity index (χ3v) is 3.76. The molecule has 5 nitrogen and oxygen atoms in total. The van der Waals surface area contributed by atoms with Crippen molar-refractivity contribution in [3.05, 3.63) is 65.5 Å². The molecule has 132 valence electrons. The molecule has 25 heavy (non-hydrogen) atoms. The van der Waals surface area contributed by atoms with E-state index >= 15 is 0 Å². The zero-order valence-corrected chi connectivity index (χ0v) is 13.9. The maximum Gasteiger partial charge on any atom is 0.323 e. The molecule has 0 atom stereocenters. The van der Waals surface area contributed by atoms with Crippen molar-refractivity contribution in [2.75, 3.05) is 20.2 Å². The monoisotopic (exact) mass is 345 g/mol. The summed E-state index contributed by atoms with van der Waals surface area (Å²) in [4.78, 5) is 24.8. The molecule has 0 saturated carbocycles. The fourth-order valence-corrected chi connectivity index (χ4v) is 2.47. The first-order valence-corrected chi connectivity index (χ1v) is 7.85. The molecule has 0 saturated heterocycles. The highest BCUT2D eigenvalue weighted by atomic mass is 19.1. The zero-order valence-electron chi connectivity index (χ0n) is 13.9. The van der Waals surface area contributed by atoms with E-state index in [1.54, 1.807) is 6.07 Å². The first-order valence-electron chi connectivity index (χ1n) is 7.85. The number of hydrogen-bond donors (Lipinski definition) is 1. The summed E-state index contributed by atoms with van der Waals surface area (Å²) in [7, 11) is 1.36. The Bertz CT molecular complexity index is 733. The Kier molecular flexibility index (Phi) is 6.51. The highest BCUT2D eigenvalue weighted by Gasteiger charge is 2.18. The van der Waals surface area contributed by atoms with Crippen molar-refractivity contribution in [3.8, 4) is 5.75 Å². The lowest BCUT2D eigenvalue weighted by atomic mass is 10.1. The highest BCUT2D eigenvalue weighted by Crippen LogP contribution is 2.18. The van der Waals surface area contributed by atoms with Gasteiger partial charge in [-0.15, -0.1) is 0 Å². The summed E-state index contributed by atoms with van der Waals surface area (Å²) >= 11 is 0. The van der Waals surface area contributed by atoms with Crippen molar-refractivity contribution in [2.45, 2.75) is 12.8 Å². The summed E-state index contributed by atoms with van der Waals surface area (Å²) in [6.45, 7) is -0.0991. The lowest BCUT2D eigenvalue weighted by Crippen LogP contribution is -2.38. The lowest BCUT2D eigenvalue weighted by Gasteiger charge is -2.21. The van der Waals surface area contributed by atoms with E-state index in [-0.39, 0.29) is 31.2 Å². The molecule has 6 heteroatoms. The number of rotatable bonds is 8. The second-order valence-electron chi connectivity index (χ2n) is 5.59. The van der Waals surface area contributed by atoms with Gasteiger partial charge in [0.1, 0.15) is 6.54 Å². The van der Waals surface area contributed by atoms with E-state index in [9.17, 15) is 14.0 Å². The number of amides is 1. The molecule has 2 rings (SSSR count). The third-order valence-electron chi connectivity index (χ3n) is 3.76. The number of benzene rings is 2. The first kappa shape index (κ1) is 18.4. The van der Waals surface area contributed by atoms with Gasteiger partial charge in [0.15, 0.2) is 11.6 Å². The number of carbonyl (C=O) groups excluding carboxylic acids is 1. The molecule has 0 unspecified atom stereocenters. The van der Waals surface area contributed by atoms with Crippen LogP contribution in [0.4, 0.5) is 4.39 Å². The Labute approximate surface area is 145 Å². The topological polar surface area (TPSA) is 66.8 Å². The van der Waals surface area contributed by atoms with Crippen molar-refractivity contribution < 1.29 is 23.8 Å². The summed E-state index contributed by atoms with van der Waals surface area (Å²) in [5.74, 6) is -1.89. The predicted octanol–water partition coefficient (Wildman–Crippen LogP) is 2.53. The van der Waals surface area contributed by atoms with Crippen LogP contribution in [0.2, 0.25) is 0 Å². The number of carbonyl (C=O) groups is 2. The highest BCUT2D eigenvalue weighted by molar-refractivity contribution is 5.83. The Morgan fingerprint density at radius 2 is 1.84 bits per heavy atom. The van der Waals surface area contributed by atoms with Gasteiger partial charge in [-0.3, -0.25) is 9.59 Å². The maximum absolute atomic E-state index is 13.7. The number of nitrogens with zero attached hydrogens (tertiary/aromatic N) is 1. The van der Waals surface area contributed by atoms with Crippen LogP contribution in [0, 0.1) is 5.82 Å². The van der Waals surface area contributed by atoms with Gasteiger partial charge in [0.2, 0.25) is 5.91 Å². The Balaban J connectivity index is 2.04. The molecule has 0 aliphatic carbocycles. The average molecular weight is 345 g/mol. The van der Waals surface area contributed by atoms with Gasteiger partial charge in [0, 0.05) is 6.54 Å². The number of methoxy groups -OCH3 is 1. The van der Waals surface area contributed by atoms with E-state index in [4.69, 9.17) is 9.84 Å². The van der Waals surface area contributed by atoms with E-state index in [0.717, 1.165) is 5.56 Å². The van der Waals surface area contributed by atoms with Crippen LogP contribution in [0.15, 0.2) is 48.5 Å². The molecule has 2 aromatic carbocycles. The van der Waals surface area contributed by atoms with Crippen LogP contribution >= 0.6 is 0 Å². The minimum atomic E-state index is -1.08. The number of ether oxygens (including phenoxy) is 1. The van der Waals surface area contributed by atoms with Gasteiger partial charge >= 0.3 is 5.97 Å². The number of halogens is 1. The van der Waals surface area contributed by atoms with E-state index in [0.29, 0.717) is 12.0 Å². The molecular formula is C19H20FNO4. The molecule has 0 spiro atoms. The summed E-state index contributed by atoms with van der Waals surface area (Å²) < 4.78 is 18.6. The number of carboxylic acid groups (broad SMARTS) is 1. The van der Waals surface area contributed by atoms with E-state index in [2.05, 4.69) is 0 Å². The number of aliphatic carboxylic acids is 1. The van der Waals surface area contributed by atoms with Crippen molar-refractivity contribution in [1.82, 2.24) is 4.90 Å². The van der Waals surface area contributed by atoms with Gasteiger partial charge in [-0.25, -0.2) is 4.39 Å². The summed E-state index contributed by atoms with van der Waals surface area (Å²) in [5, 5.41) is 9.04. The first-order chi connectivity index (χ1) is 12.0. The van der Waals surface area contributed by atoms with Crippen molar-refractivity contribution in [3.63, 3.8) is 0 Å². The van der Waals surface area contributed by atoms with Crippen LogP contribution in [-0.2, 0) is 22.4 Å². The molecule has 0 radical (unpaired) electrons. The molecule has 0 fully saturated rings. The Morgan fingerprint density at radius 1 is 1.12 bits per heavy atom. The summed E-state index contributed by atoms with van der Waals surface area (Å²) in [5.41, 5.74) is 1.49. The average Bonchev–Trinajstić information content (AvgIpc) is 2.59. The normalized spacial score (nSPS) is 10.3. The van der Waals surface area contributed by atoms with Crippen LogP contribution in [0.25, 0.3) is 0 Å². The van der Waals surface area contributed by atoms with Gasteiger partial charge in [-0.2, -0.15) is 0 Å². The maximum atomic E-state index is 13.7. The van der Waals surface area contributed by atoms with Gasteiger partial charge in [0.25, 0.3) is 0 Å². The van der Waals surface area contributed by atoms with Gasteiger partial charge in [-0.1, -0.05) is 36.4 Å². The molecular weight excluding hydrogens is 325 g/mol.